The van der Waals surface area contributed by atoms with Gasteiger partial charge in [-0.3, -0.25) is 4.98 Å². The molecule has 1 aliphatic carbocycles. The molecule has 98 valence electrons. The minimum absolute atomic E-state index is 0.336. The van der Waals surface area contributed by atoms with Crippen LogP contribution in [0.4, 0.5) is 0 Å². The summed E-state index contributed by atoms with van der Waals surface area (Å²) in [6.07, 6.45) is 5.68. The van der Waals surface area contributed by atoms with E-state index in [1.807, 2.05) is 6.07 Å². The van der Waals surface area contributed by atoms with Crippen LogP contribution in [0.2, 0.25) is 0 Å². The van der Waals surface area contributed by atoms with Gasteiger partial charge in [-0.1, -0.05) is 6.42 Å². The topological polar surface area (TPSA) is 42.4 Å². The first-order chi connectivity index (χ1) is 8.69. The van der Waals surface area contributed by atoms with Crippen LogP contribution in [-0.2, 0) is 11.3 Å². The Morgan fingerprint density at radius 3 is 2.78 bits per heavy atom. The Bertz CT molecular complexity index is 399. The van der Waals surface area contributed by atoms with Gasteiger partial charge in [0.15, 0.2) is 0 Å². The van der Waals surface area contributed by atoms with Crippen LogP contribution in [0.25, 0.3) is 0 Å². The van der Waals surface area contributed by atoms with Crippen molar-refractivity contribution >= 4 is 5.97 Å². The number of hydrogen-bond donors (Lipinski definition) is 0. The van der Waals surface area contributed by atoms with E-state index in [0.717, 1.165) is 24.7 Å². The Morgan fingerprint density at radius 2 is 2.28 bits per heavy atom. The molecule has 0 aromatic carbocycles. The maximum Gasteiger partial charge on any atom is 0.339 e. The summed E-state index contributed by atoms with van der Waals surface area (Å²) in [5, 5.41) is 0. The lowest BCUT2D eigenvalue weighted by molar-refractivity contribution is 0.0600. The van der Waals surface area contributed by atoms with Crippen LogP contribution < -0.4 is 0 Å². The molecule has 1 aromatic rings. The SMILES string of the molecule is COC(=O)c1ccc(CN(C)CC2CCC2)nc1. The Kier molecular flexibility index (Phi) is 4.31. The number of aromatic nitrogens is 1. The van der Waals surface area contributed by atoms with Crippen molar-refractivity contribution in [2.24, 2.45) is 5.92 Å². The zero-order chi connectivity index (χ0) is 13.0. The average molecular weight is 248 g/mol. The minimum Gasteiger partial charge on any atom is -0.465 e. The second-order valence-corrected chi connectivity index (χ2v) is 5.02. The third kappa shape index (κ3) is 3.29. The molecular weight excluding hydrogens is 228 g/mol. The van der Waals surface area contributed by atoms with Gasteiger partial charge in [-0.25, -0.2) is 4.79 Å². The number of nitrogens with zero attached hydrogens (tertiary/aromatic N) is 2. The van der Waals surface area contributed by atoms with Crippen molar-refractivity contribution in [2.75, 3.05) is 20.7 Å². The lowest BCUT2D eigenvalue weighted by Gasteiger charge is -2.29. The smallest absolute Gasteiger partial charge is 0.339 e. The van der Waals surface area contributed by atoms with Crippen LogP contribution in [0.5, 0.6) is 0 Å². The van der Waals surface area contributed by atoms with Crippen molar-refractivity contribution in [3.05, 3.63) is 29.6 Å². The lowest BCUT2D eigenvalue weighted by atomic mass is 9.85. The van der Waals surface area contributed by atoms with Crippen molar-refractivity contribution in [1.82, 2.24) is 9.88 Å². The largest absolute Gasteiger partial charge is 0.465 e. The molecule has 0 aliphatic heterocycles. The summed E-state index contributed by atoms with van der Waals surface area (Å²) in [5.41, 5.74) is 1.49. The molecular formula is C14H20N2O2. The van der Waals surface area contributed by atoms with Crippen LogP contribution >= 0.6 is 0 Å². The molecule has 4 heteroatoms. The quantitative estimate of drug-likeness (QED) is 0.748. The summed E-state index contributed by atoms with van der Waals surface area (Å²) >= 11 is 0. The van der Waals surface area contributed by atoms with Gasteiger partial charge in [-0.15, -0.1) is 0 Å². The summed E-state index contributed by atoms with van der Waals surface area (Å²) in [6, 6.07) is 3.66. The number of esters is 1. The molecule has 1 aromatic heterocycles. The van der Waals surface area contributed by atoms with Gasteiger partial charge in [0, 0.05) is 19.3 Å². The summed E-state index contributed by atoms with van der Waals surface area (Å²) in [6.45, 7) is 1.97. The number of rotatable bonds is 5. The normalized spacial score (nSPS) is 15.5. The Labute approximate surface area is 108 Å². The molecule has 4 nitrogen and oxygen atoms in total. The van der Waals surface area contributed by atoms with Gasteiger partial charge in [0.2, 0.25) is 0 Å². The second-order valence-electron chi connectivity index (χ2n) is 5.02. The van der Waals surface area contributed by atoms with Crippen LogP contribution in [0.15, 0.2) is 18.3 Å². The first-order valence-corrected chi connectivity index (χ1v) is 6.41. The Balaban J connectivity index is 1.86. The van der Waals surface area contributed by atoms with E-state index < -0.39 is 0 Å². The molecule has 1 aliphatic rings. The van der Waals surface area contributed by atoms with Crippen molar-refractivity contribution < 1.29 is 9.53 Å². The van der Waals surface area contributed by atoms with E-state index in [2.05, 4.69) is 21.7 Å². The number of ether oxygens (including phenoxy) is 1. The Morgan fingerprint density at radius 1 is 1.50 bits per heavy atom. The van der Waals surface area contributed by atoms with Crippen molar-refractivity contribution in [3.63, 3.8) is 0 Å². The standard InChI is InChI=1S/C14H20N2O2/c1-16(9-11-4-3-5-11)10-13-7-6-12(8-15-13)14(17)18-2/h6-8,11H,3-5,9-10H2,1-2H3. The summed E-state index contributed by atoms with van der Waals surface area (Å²) in [4.78, 5) is 17.9. The van der Waals surface area contributed by atoms with E-state index in [0.29, 0.717) is 5.56 Å². The molecule has 0 saturated heterocycles. The lowest BCUT2D eigenvalue weighted by Crippen LogP contribution is -2.29. The third-order valence-electron chi connectivity index (χ3n) is 3.47. The summed E-state index contributed by atoms with van der Waals surface area (Å²) < 4.78 is 4.64. The molecule has 0 atom stereocenters. The van der Waals surface area contributed by atoms with Crippen molar-refractivity contribution in [2.45, 2.75) is 25.8 Å². The van der Waals surface area contributed by atoms with Gasteiger partial charge in [0.25, 0.3) is 0 Å². The number of pyridine rings is 1. The molecule has 0 spiro atoms. The van der Waals surface area contributed by atoms with Crippen LogP contribution in [-0.4, -0.2) is 36.6 Å². The highest BCUT2D eigenvalue weighted by Gasteiger charge is 2.19. The van der Waals surface area contributed by atoms with Gasteiger partial charge in [0.05, 0.1) is 18.4 Å². The molecule has 18 heavy (non-hydrogen) atoms. The van der Waals surface area contributed by atoms with Gasteiger partial charge >= 0.3 is 5.97 Å². The summed E-state index contributed by atoms with van der Waals surface area (Å²) in [7, 11) is 3.50. The zero-order valence-corrected chi connectivity index (χ0v) is 11.1. The first-order valence-electron chi connectivity index (χ1n) is 6.41. The molecule has 2 rings (SSSR count). The van der Waals surface area contributed by atoms with Crippen molar-refractivity contribution in [1.29, 1.82) is 0 Å². The molecule has 0 bridgehead atoms. The monoisotopic (exact) mass is 248 g/mol. The highest BCUT2D eigenvalue weighted by atomic mass is 16.5. The number of carbonyl (C=O) groups is 1. The third-order valence-corrected chi connectivity index (χ3v) is 3.47. The minimum atomic E-state index is -0.336. The fraction of sp³-hybridized carbons (Fsp3) is 0.571. The van der Waals surface area contributed by atoms with Gasteiger partial charge in [0.1, 0.15) is 0 Å². The van der Waals surface area contributed by atoms with Gasteiger partial charge in [-0.05, 0) is 37.9 Å². The van der Waals surface area contributed by atoms with E-state index >= 15 is 0 Å². The molecule has 0 N–H and O–H groups in total. The molecule has 0 amide bonds. The highest BCUT2D eigenvalue weighted by molar-refractivity contribution is 5.88. The fourth-order valence-corrected chi connectivity index (χ4v) is 2.21. The average Bonchev–Trinajstić information content (AvgIpc) is 2.34. The fourth-order valence-electron chi connectivity index (χ4n) is 2.21. The first kappa shape index (κ1) is 13.0. The van der Waals surface area contributed by atoms with Crippen LogP contribution in [0, 0.1) is 5.92 Å². The maximum absolute atomic E-state index is 11.3. The predicted molar refractivity (Wildman–Crippen MR) is 69.3 cm³/mol. The molecule has 0 unspecified atom stereocenters. The van der Waals surface area contributed by atoms with Crippen LogP contribution in [0.1, 0.15) is 35.3 Å². The van der Waals surface area contributed by atoms with Gasteiger partial charge in [-0.2, -0.15) is 0 Å². The van der Waals surface area contributed by atoms with Crippen LogP contribution in [0.3, 0.4) is 0 Å². The van der Waals surface area contributed by atoms with E-state index in [4.69, 9.17) is 0 Å². The number of methoxy groups -OCH3 is 1. The number of hydrogen-bond acceptors (Lipinski definition) is 4. The highest BCUT2D eigenvalue weighted by Crippen LogP contribution is 2.26. The molecule has 1 heterocycles. The number of carbonyl (C=O) groups excluding carboxylic acids is 1. The van der Waals surface area contributed by atoms with E-state index in [1.54, 1.807) is 12.3 Å². The maximum atomic E-state index is 11.3. The molecule has 1 saturated carbocycles. The van der Waals surface area contributed by atoms with E-state index in [9.17, 15) is 4.79 Å². The molecule has 0 radical (unpaired) electrons. The summed E-state index contributed by atoms with van der Waals surface area (Å²) in [5.74, 6) is 0.529. The second kappa shape index (κ2) is 5.96. The zero-order valence-electron chi connectivity index (χ0n) is 11.1. The molecule has 1 fully saturated rings. The van der Waals surface area contributed by atoms with Gasteiger partial charge < -0.3 is 9.64 Å². The van der Waals surface area contributed by atoms with Crippen molar-refractivity contribution in [3.8, 4) is 0 Å². The van der Waals surface area contributed by atoms with E-state index in [1.165, 1.54) is 26.4 Å². The predicted octanol–water partition coefficient (Wildman–Crippen LogP) is 2.10. The Hall–Kier alpha value is -1.42. The van der Waals surface area contributed by atoms with E-state index in [-0.39, 0.29) is 5.97 Å².